The lowest BCUT2D eigenvalue weighted by Gasteiger charge is -2.44. The smallest absolute Gasteiger partial charge is 0.309 e. The van der Waals surface area contributed by atoms with Gasteiger partial charge < -0.3 is 18.7 Å². The number of thiazole rings is 1. The number of carbonyl (C=O) groups excluding carboxylic acids is 2. The highest BCUT2D eigenvalue weighted by atomic mass is 32.1. The summed E-state index contributed by atoms with van der Waals surface area (Å²) in [4.78, 5) is 33.5. The molecule has 0 saturated heterocycles. The normalized spacial score (nSPS) is 28.2. The minimum Gasteiger partial charge on any atom is -0.457 e. The van der Waals surface area contributed by atoms with Gasteiger partial charge in [-0.2, -0.15) is 0 Å². The average Bonchev–Trinajstić information content (AvgIpc) is 3.50. The molecule has 1 N–H and O–H groups in total. The molecule has 49 heavy (non-hydrogen) atoms. The topological polar surface area (TPSA) is 95.0 Å². The van der Waals surface area contributed by atoms with Crippen molar-refractivity contribution in [1.82, 2.24) is 4.98 Å². The van der Waals surface area contributed by atoms with E-state index in [4.69, 9.17) is 13.6 Å². The van der Waals surface area contributed by atoms with Gasteiger partial charge in [-0.25, -0.2) is 4.98 Å². The van der Waals surface area contributed by atoms with Crippen molar-refractivity contribution in [1.29, 1.82) is 0 Å². The van der Waals surface area contributed by atoms with Crippen LogP contribution in [0, 0.1) is 24.2 Å². The van der Waals surface area contributed by atoms with Gasteiger partial charge in [0.15, 0.2) is 16.6 Å². The quantitative estimate of drug-likeness (QED) is 0.130. The molecule has 10 heteroatoms. The summed E-state index contributed by atoms with van der Waals surface area (Å²) in [5.74, 6) is -0.673. The molecule has 0 spiro atoms. The van der Waals surface area contributed by atoms with Crippen molar-refractivity contribution in [2.24, 2.45) is 17.3 Å². The maximum atomic E-state index is 14.9. The first-order valence-electron chi connectivity index (χ1n) is 19.0. The number of Topliss-reactive ketones (excluding diaryl/α,β-unsaturated/α-hetero) is 1. The number of aliphatic hydroxyl groups is 1. The molecule has 2 heterocycles. The number of ketones is 1. The lowest BCUT2D eigenvalue weighted by atomic mass is 9.73. The van der Waals surface area contributed by atoms with E-state index in [0.29, 0.717) is 12.8 Å². The summed E-state index contributed by atoms with van der Waals surface area (Å²) in [7, 11) is -4.31. The summed E-state index contributed by atoms with van der Waals surface area (Å²) in [6, 6.07) is 5.71. The van der Waals surface area contributed by atoms with E-state index >= 15 is 0 Å². The predicted octanol–water partition coefficient (Wildman–Crippen LogP) is 10.3. The van der Waals surface area contributed by atoms with Crippen LogP contribution in [0.3, 0.4) is 0 Å². The fraction of sp³-hybridized carbons (Fsp3) is 0.769. The van der Waals surface area contributed by atoms with E-state index < -0.39 is 46.3 Å². The number of rotatable bonds is 12. The zero-order chi connectivity index (χ0) is 37.2. The molecule has 0 amide bonds. The number of nitrogens with zero attached hydrogens (tertiary/aromatic N) is 1. The van der Waals surface area contributed by atoms with E-state index in [0.717, 1.165) is 64.5 Å². The number of hydrogen-bond donors (Lipinski definition) is 1. The molecule has 1 aliphatic rings. The van der Waals surface area contributed by atoms with Crippen molar-refractivity contribution in [2.45, 2.75) is 176 Å². The van der Waals surface area contributed by atoms with Gasteiger partial charge in [-0.15, -0.1) is 11.3 Å². The van der Waals surface area contributed by atoms with Gasteiger partial charge in [0.2, 0.25) is 0 Å². The number of cyclic esters (lactones) is 1. The van der Waals surface area contributed by atoms with E-state index in [-0.39, 0.29) is 30.2 Å². The fourth-order valence-electron chi connectivity index (χ4n) is 7.34. The maximum Gasteiger partial charge on any atom is 0.309 e. The number of hydrogen-bond acceptors (Lipinski definition) is 8. The highest BCUT2D eigenvalue weighted by Crippen LogP contribution is 2.40. The second-order valence-corrected chi connectivity index (χ2v) is 25.7. The van der Waals surface area contributed by atoms with Crippen LogP contribution in [0.25, 0.3) is 6.08 Å². The van der Waals surface area contributed by atoms with Crippen molar-refractivity contribution in [3.05, 3.63) is 33.3 Å². The molecule has 0 aliphatic carbocycles. The third-order valence-corrected chi connectivity index (χ3v) is 21.9. The third kappa shape index (κ3) is 11.5. The molecular formula is C39H69NO6SSi2. The van der Waals surface area contributed by atoms with Gasteiger partial charge in [0.05, 0.1) is 35.4 Å². The Bertz CT molecular complexity index is 1250. The third-order valence-electron chi connectivity index (χ3n) is 11.8. The van der Waals surface area contributed by atoms with Crippen molar-refractivity contribution in [2.75, 3.05) is 0 Å². The molecule has 6 atom stereocenters. The number of ether oxygens (including phenoxy) is 1. The Morgan fingerprint density at radius 1 is 0.980 bits per heavy atom. The first kappa shape index (κ1) is 43.7. The number of aliphatic hydroxyl groups excluding tert-OH is 1. The molecule has 1 aromatic heterocycles. The Hall–Kier alpha value is -1.44. The van der Waals surface area contributed by atoms with E-state index in [1.807, 2.05) is 59.1 Å². The fourth-order valence-corrected chi connectivity index (χ4v) is 13.9. The Morgan fingerprint density at radius 2 is 1.53 bits per heavy atom. The summed E-state index contributed by atoms with van der Waals surface area (Å²) < 4.78 is 20.6. The van der Waals surface area contributed by atoms with Gasteiger partial charge in [0, 0.05) is 23.1 Å². The molecule has 1 aromatic rings. The Labute approximate surface area is 305 Å². The molecule has 1 unspecified atom stereocenters. The first-order chi connectivity index (χ1) is 23.0. The number of aromatic nitrogens is 1. The van der Waals surface area contributed by atoms with Crippen LogP contribution in [0.1, 0.15) is 119 Å². The van der Waals surface area contributed by atoms with Crippen molar-refractivity contribution in [3.8, 4) is 0 Å². The molecule has 7 nitrogen and oxygen atoms in total. The maximum absolute atomic E-state index is 14.9. The summed E-state index contributed by atoms with van der Waals surface area (Å²) in [6.45, 7) is 27.2. The standard InChI is InChI=1S/C39H69NO6SSi2/c1-14-48(15-2,16-3)45-35-25-36(42)44-34(29(9)24-32-26-47-31(11)40-32)23-21-27(7)33(41)22-20-28(8)37(30(10)38(43)39(35,12)13)46-49(17-4,18-5)19-6/h21,24,26,28,30,33-35,37,41H,14-20,22-23,25H2,1-13H3/b27-21-,29-24+/t28-,30+,33?,34-,35-,37-/m0/s1. The Morgan fingerprint density at radius 3 is 2.04 bits per heavy atom. The van der Waals surface area contributed by atoms with Crippen LogP contribution in [0.5, 0.6) is 0 Å². The molecule has 0 aromatic carbocycles. The van der Waals surface area contributed by atoms with E-state index in [2.05, 4.69) is 53.5 Å². The van der Waals surface area contributed by atoms with Crippen molar-refractivity contribution in [3.63, 3.8) is 0 Å². The van der Waals surface area contributed by atoms with Gasteiger partial charge in [-0.3, -0.25) is 9.59 Å². The Kier molecular flexibility index (Phi) is 17.3. The molecular weight excluding hydrogens is 667 g/mol. The van der Waals surface area contributed by atoms with Crippen molar-refractivity contribution < 1.29 is 28.3 Å². The van der Waals surface area contributed by atoms with Gasteiger partial charge in [-0.05, 0) is 93.0 Å². The minimum atomic E-state index is -2.23. The van der Waals surface area contributed by atoms with Gasteiger partial charge >= 0.3 is 5.97 Å². The van der Waals surface area contributed by atoms with Gasteiger partial charge in [0.25, 0.3) is 0 Å². The SMILES string of the molecule is CC[Si](CC)(CC)O[C@H]1[C@@H](C)CCC(O)/C(C)=C\C[C@@H](/C(C)=C/c2csc(C)n2)OC(=O)C[C@H](O[Si](CC)(CC)CC)C(C)(C)C(=O)[C@@H]1C. The first-order valence-corrected chi connectivity index (χ1v) is 25.0. The van der Waals surface area contributed by atoms with Crippen LogP contribution in [0.15, 0.2) is 22.6 Å². The molecule has 0 saturated carbocycles. The lowest BCUT2D eigenvalue weighted by Crippen LogP contribution is -2.53. The number of carbonyl (C=O) groups is 2. The van der Waals surface area contributed by atoms with Crippen LogP contribution < -0.4 is 0 Å². The van der Waals surface area contributed by atoms with Crippen LogP contribution in [0.2, 0.25) is 36.3 Å². The Balaban J connectivity index is 2.70. The van der Waals surface area contributed by atoms with E-state index in [1.165, 1.54) is 0 Å². The molecule has 2 rings (SSSR count). The van der Waals surface area contributed by atoms with E-state index in [9.17, 15) is 14.7 Å². The molecule has 0 bridgehead atoms. The average molecular weight is 736 g/mol. The molecule has 1 aliphatic heterocycles. The van der Waals surface area contributed by atoms with Gasteiger partial charge in [0.1, 0.15) is 11.9 Å². The lowest BCUT2D eigenvalue weighted by molar-refractivity contribution is -0.153. The largest absolute Gasteiger partial charge is 0.457 e. The number of aryl methyl sites for hydroxylation is 1. The van der Waals surface area contributed by atoms with Crippen LogP contribution in [-0.4, -0.2) is 62.9 Å². The summed E-state index contributed by atoms with van der Waals surface area (Å²) in [5.41, 5.74) is 1.61. The number of esters is 1. The van der Waals surface area contributed by atoms with Crippen molar-refractivity contribution >= 4 is 45.8 Å². The van der Waals surface area contributed by atoms with Crippen LogP contribution in [0.4, 0.5) is 0 Å². The summed E-state index contributed by atoms with van der Waals surface area (Å²) >= 11 is 1.58. The summed E-state index contributed by atoms with van der Waals surface area (Å²) in [6.07, 6.45) is 3.60. The predicted molar refractivity (Wildman–Crippen MR) is 210 cm³/mol. The zero-order valence-electron chi connectivity index (χ0n) is 33.1. The second kappa shape index (κ2) is 19.4. The molecule has 0 radical (unpaired) electrons. The highest BCUT2D eigenvalue weighted by Gasteiger charge is 2.48. The minimum absolute atomic E-state index is 0.0102. The van der Waals surface area contributed by atoms with E-state index in [1.54, 1.807) is 11.3 Å². The van der Waals surface area contributed by atoms with Gasteiger partial charge in [-0.1, -0.05) is 75.3 Å². The second-order valence-electron chi connectivity index (χ2n) is 15.2. The summed E-state index contributed by atoms with van der Waals surface area (Å²) in [5, 5.41) is 14.2. The highest BCUT2D eigenvalue weighted by molar-refractivity contribution is 7.09. The molecule has 0 fully saturated rings. The van der Waals surface area contributed by atoms with Crippen LogP contribution in [-0.2, 0) is 23.2 Å². The molecule has 280 valence electrons. The monoisotopic (exact) mass is 735 g/mol. The zero-order valence-corrected chi connectivity index (χ0v) is 35.9. The van der Waals surface area contributed by atoms with Crippen LogP contribution >= 0.6 is 11.3 Å².